The summed E-state index contributed by atoms with van der Waals surface area (Å²) in [7, 11) is 0. The first kappa shape index (κ1) is 14.3. The molecule has 106 valence electrons. The fraction of sp³-hybridized carbons (Fsp3) is 0.176. The number of aryl methyl sites for hydroxylation is 1. The molecule has 0 aliphatic carbocycles. The van der Waals surface area contributed by atoms with Gasteiger partial charge in [-0.1, -0.05) is 12.1 Å². The van der Waals surface area contributed by atoms with E-state index < -0.39 is 0 Å². The van der Waals surface area contributed by atoms with Crippen molar-refractivity contribution >= 4 is 40.0 Å². The molecule has 0 saturated heterocycles. The largest absolute Gasteiger partial charge is 0.326 e. The van der Waals surface area contributed by atoms with Crippen LogP contribution in [0.15, 0.2) is 42.5 Å². The third-order valence-corrected chi connectivity index (χ3v) is 4.25. The predicted octanol–water partition coefficient (Wildman–Crippen LogP) is 3.80. The Kier molecular flexibility index (Phi) is 4.05. The Hall–Kier alpha value is -1.69. The topological polar surface area (TPSA) is 46.2 Å². The first-order chi connectivity index (χ1) is 10.1. The lowest BCUT2D eigenvalue weighted by Crippen LogP contribution is -2.09. The highest BCUT2D eigenvalue weighted by atomic mass is 127. The summed E-state index contributed by atoms with van der Waals surface area (Å²) in [6, 6.07) is 13.1. The van der Waals surface area contributed by atoms with E-state index in [9.17, 15) is 9.59 Å². The van der Waals surface area contributed by atoms with Crippen LogP contribution in [0.3, 0.4) is 0 Å². The minimum Gasteiger partial charge on any atom is -0.326 e. The number of carbonyl (C=O) groups is 2. The van der Waals surface area contributed by atoms with E-state index in [1.807, 2.05) is 36.4 Å². The first-order valence-corrected chi connectivity index (χ1v) is 7.94. The minimum absolute atomic E-state index is 0.0203. The summed E-state index contributed by atoms with van der Waals surface area (Å²) >= 11 is 2.20. The van der Waals surface area contributed by atoms with E-state index in [0.29, 0.717) is 17.5 Å². The van der Waals surface area contributed by atoms with Crippen LogP contribution in [0.5, 0.6) is 0 Å². The summed E-state index contributed by atoms with van der Waals surface area (Å²) in [5.41, 5.74) is 3.24. The van der Waals surface area contributed by atoms with Crippen molar-refractivity contribution in [2.75, 3.05) is 5.32 Å². The summed E-state index contributed by atoms with van der Waals surface area (Å²) < 4.78 is 1.04. The molecule has 1 N–H and O–H groups in total. The van der Waals surface area contributed by atoms with Gasteiger partial charge >= 0.3 is 0 Å². The average Bonchev–Trinajstić information content (AvgIpc) is 2.66. The van der Waals surface area contributed by atoms with Crippen LogP contribution in [-0.4, -0.2) is 11.7 Å². The lowest BCUT2D eigenvalue weighted by Gasteiger charge is -2.09. The average molecular weight is 391 g/mol. The Morgan fingerprint density at radius 2 is 1.86 bits per heavy atom. The zero-order chi connectivity index (χ0) is 14.8. The van der Waals surface area contributed by atoms with E-state index in [0.717, 1.165) is 27.7 Å². The number of nitrogens with one attached hydrogen (secondary N) is 1. The molecule has 2 aromatic rings. The number of hydrogen-bond donors (Lipinski definition) is 1. The Balaban J connectivity index is 1.95. The van der Waals surface area contributed by atoms with Crippen LogP contribution in [0.1, 0.15) is 34.3 Å². The normalized spacial score (nSPS) is 14.0. The molecule has 0 aromatic heterocycles. The second-order valence-electron chi connectivity index (χ2n) is 5.11. The Morgan fingerprint density at radius 1 is 1.05 bits per heavy atom. The van der Waals surface area contributed by atoms with E-state index in [1.165, 1.54) is 0 Å². The van der Waals surface area contributed by atoms with Crippen molar-refractivity contribution in [2.24, 2.45) is 0 Å². The molecule has 0 radical (unpaired) electrons. The number of ketones is 1. The molecule has 0 bridgehead atoms. The van der Waals surface area contributed by atoms with E-state index in [1.54, 1.807) is 6.07 Å². The first-order valence-electron chi connectivity index (χ1n) is 6.86. The van der Waals surface area contributed by atoms with Gasteiger partial charge in [0.05, 0.1) is 0 Å². The molecule has 2 aromatic carbocycles. The van der Waals surface area contributed by atoms with Gasteiger partial charge in [-0.3, -0.25) is 9.59 Å². The summed E-state index contributed by atoms with van der Waals surface area (Å²) in [5, 5.41) is 2.89. The van der Waals surface area contributed by atoms with Gasteiger partial charge < -0.3 is 5.32 Å². The zero-order valence-corrected chi connectivity index (χ0v) is 13.5. The van der Waals surface area contributed by atoms with Gasteiger partial charge in [-0.25, -0.2) is 0 Å². The molecule has 0 spiro atoms. The van der Waals surface area contributed by atoms with Crippen LogP contribution in [-0.2, 0) is 11.2 Å². The molecule has 4 heteroatoms. The van der Waals surface area contributed by atoms with Crippen molar-refractivity contribution < 1.29 is 9.59 Å². The van der Waals surface area contributed by atoms with E-state index in [4.69, 9.17) is 0 Å². The summed E-state index contributed by atoms with van der Waals surface area (Å²) in [4.78, 5) is 24.1. The molecule has 3 rings (SSSR count). The number of benzene rings is 2. The molecular formula is C17H14INO2. The number of rotatable bonds is 2. The fourth-order valence-electron chi connectivity index (χ4n) is 2.51. The second kappa shape index (κ2) is 5.97. The SMILES string of the molecule is O=C1CCCc2cc(C(=O)c3cccc(I)c3)ccc2N1. The maximum atomic E-state index is 12.5. The van der Waals surface area contributed by atoms with E-state index in [-0.39, 0.29) is 11.7 Å². The quantitative estimate of drug-likeness (QED) is 0.626. The third kappa shape index (κ3) is 3.15. The van der Waals surface area contributed by atoms with Crippen LogP contribution in [0, 0.1) is 3.57 Å². The molecule has 0 atom stereocenters. The van der Waals surface area contributed by atoms with Gasteiger partial charge in [0.1, 0.15) is 0 Å². The molecule has 1 aliphatic rings. The molecule has 21 heavy (non-hydrogen) atoms. The van der Waals surface area contributed by atoms with Crippen molar-refractivity contribution in [1.82, 2.24) is 0 Å². The smallest absolute Gasteiger partial charge is 0.224 e. The van der Waals surface area contributed by atoms with Gasteiger partial charge in [-0.15, -0.1) is 0 Å². The number of hydrogen-bond acceptors (Lipinski definition) is 2. The van der Waals surface area contributed by atoms with Gasteiger partial charge in [0, 0.05) is 26.8 Å². The van der Waals surface area contributed by atoms with Crippen LogP contribution in [0.25, 0.3) is 0 Å². The van der Waals surface area contributed by atoms with E-state index in [2.05, 4.69) is 27.9 Å². The number of amides is 1. The minimum atomic E-state index is 0.0203. The molecule has 0 unspecified atom stereocenters. The highest BCUT2D eigenvalue weighted by Crippen LogP contribution is 2.24. The van der Waals surface area contributed by atoms with Crippen molar-refractivity contribution in [3.8, 4) is 0 Å². The molecule has 1 heterocycles. The molecular weight excluding hydrogens is 377 g/mol. The Morgan fingerprint density at radius 3 is 2.67 bits per heavy atom. The molecule has 1 amide bonds. The molecule has 0 saturated carbocycles. The van der Waals surface area contributed by atoms with E-state index >= 15 is 0 Å². The molecule has 0 fully saturated rings. The van der Waals surface area contributed by atoms with Crippen LogP contribution >= 0.6 is 22.6 Å². The maximum absolute atomic E-state index is 12.5. The van der Waals surface area contributed by atoms with Crippen LogP contribution in [0.4, 0.5) is 5.69 Å². The third-order valence-electron chi connectivity index (χ3n) is 3.58. The summed E-state index contributed by atoms with van der Waals surface area (Å²) in [5.74, 6) is 0.0670. The summed E-state index contributed by atoms with van der Waals surface area (Å²) in [6.45, 7) is 0. The van der Waals surface area contributed by atoms with Crippen LogP contribution < -0.4 is 5.32 Å². The van der Waals surface area contributed by atoms with Crippen molar-refractivity contribution in [3.63, 3.8) is 0 Å². The molecule has 1 aliphatic heterocycles. The lowest BCUT2D eigenvalue weighted by molar-refractivity contribution is -0.116. The summed E-state index contributed by atoms with van der Waals surface area (Å²) in [6.07, 6.45) is 2.18. The van der Waals surface area contributed by atoms with Gasteiger partial charge in [0.15, 0.2) is 5.78 Å². The van der Waals surface area contributed by atoms with Gasteiger partial charge in [-0.05, 0) is 71.3 Å². The van der Waals surface area contributed by atoms with Crippen molar-refractivity contribution in [2.45, 2.75) is 19.3 Å². The second-order valence-corrected chi connectivity index (χ2v) is 6.36. The van der Waals surface area contributed by atoms with Gasteiger partial charge in [0.2, 0.25) is 5.91 Å². The van der Waals surface area contributed by atoms with Crippen molar-refractivity contribution in [3.05, 3.63) is 62.7 Å². The highest BCUT2D eigenvalue weighted by molar-refractivity contribution is 14.1. The number of fused-ring (bicyclic) bond motifs is 1. The maximum Gasteiger partial charge on any atom is 0.224 e. The Labute approximate surface area is 136 Å². The monoisotopic (exact) mass is 391 g/mol. The zero-order valence-electron chi connectivity index (χ0n) is 11.4. The number of anilines is 1. The lowest BCUT2D eigenvalue weighted by atomic mass is 9.98. The van der Waals surface area contributed by atoms with Gasteiger partial charge in [0.25, 0.3) is 0 Å². The number of halogens is 1. The predicted molar refractivity (Wildman–Crippen MR) is 90.6 cm³/mol. The van der Waals surface area contributed by atoms with Crippen molar-refractivity contribution in [1.29, 1.82) is 0 Å². The van der Waals surface area contributed by atoms with Gasteiger partial charge in [-0.2, -0.15) is 0 Å². The van der Waals surface area contributed by atoms with Crippen LogP contribution in [0.2, 0.25) is 0 Å². The number of carbonyl (C=O) groups excluding carboxylic acids is 2. The molecule has 3 nitrogen and oxygen atoms in total. The standard InChI is InChI=1S/C17H14INO2/c18-14-5-1-4-12(10-14)17(21)13-7-8-15-11(9-13)3-2-6-16(20)19-15/h1,4-5,7-10H,2-3,6H2,(H,19,20). The highest BCUT2D eigenvalue weighted by Gasteiger charge is 2.16. The Bertz CT molecular complexity index is 724. The fourth-order valence-corrected chi connectivity index (χ4v) is 3.06.